The molecule has 0 fully saturated rings. The number of halogens is 3. The van der Waals surface area contributed by atoms with Gasteiger partial charge in [-0.25, -0.2) is 18.1 Å². The van der Waals surface area contributed by atoms with Crippen molar-refractivity contribution in [1.29, 1.82) is 0 Å². The van der Waals surface area contributed by atoms with Gasteiger partial charge in [0.1, 0.15) is 29.0 Å². The predicted octanol–water partition coefficient (Wildman–Crippen LogP) is 1.83. The van der Waals surface area contributed by atoms with E-state index in [-0.39, 0.29) is 35.2 Å². The minimum absolute atomic E-state index is 0.00446. The lowest BCUT2D eigenvalue weighted by molar-refractivity contribution is -0.155. The molecule has 0 radical (unpaired) electrons. The number of alkyl halides is 3. The highest BCUT2D eigenvalue weighted by molar-refractivity contribution is 7.89. The fraction of sp³-hybridized carbons (Fsp3) is 0.308. The Balaban J connectivity index is 1.77. The Hall–Kier alpha value is -2.67. The van der Waals surface area contributed by atoms with Gasteiger partial charge in [-0.15, -0.1) is 0 Å². The zero-order valence-electron chi connectivity index (χ0n) is 13.2. The van der Waals surface area contributed by atoms with Gasteiger partial charge < -0.3 is 8.94 Å². The number of nitrogens with zero attached hydrogens (tertiary/aromatic N) is 4. The van der Waals surface area contributed by atoms with Gasteiger partial charge in [-0.2, -0.15) is 18.3 Å². The lowest BCUT2D eigenvalue weighted by Crippen LogP contribution is -2.27. The topological polar surface area (TPSA) is 116 Å². The second kappa shape index (κ2) is 6.57. The molecule has 1 N–H and O–H groups in total. The number of hydrogen-bond acceptors (Lipinski definition) is 7. The predicted molar refractivity (Wildman–Crippen MR) is 79.2 cm³/mol. The summed E-state index contributed by atoms with van der Waals surface area (Å²) in [6.45, 7) is 1.66. The van der Waals surface area contributed by atoms with E-state index in [0.29, 0.717) is 6.07 Å². The van der Waals surface area contributed by atoms with Crippen LogP contribution in [-0.2, 0) is 22.7 Å². The second-order valence-corrected chi connectivity index (χ2v) is 6.90. The molecular weight excluding hydrogens is 379 g/mol. The smallest absolute Gasteiger partial charge is 0.452 e. The van der Waals surface area contributed by atoms with Crippen molar-refractivity contribution in [3.63, 3.8) is 0 Å². The Bertz CT molecular complexity index is 992. The van der Waals surface area contributed by atoms with Crippen LogP contribution in [0.3, 0.4) is 0 Å². The normalized spacial score (nSPS) is 12.6. The van der Waals surface area contributed by atoms with E-state index in [4.69, 9.17) is 4.42 Å². The molecule has 0 aliphatic rings. The fourth-order valence-electron chi connectivity index (χ4n) is 2.10. The van der Waals surface area contributed by atoms with Gasteiger partial charge in [0.25, 0.3) is 0 Å². The monoisotopic (exact) mass is 391 g/mol. The maximum Gasteiger partial charge on any atom is 0.452 e. The summed E-state index contributed by atoms with van der Waals surface area (Å²) < 4.78 is 75.6. The first-order valence-electron chi connectivity index (χ1n) is 7.13. The van der Waals surface area contributed by atoms with Crippen molar-refractivity contribution in [2.45, 2.75) is 24.5 Å². The van der Waals surface area contributed by atoms with Crippen LogP contribution in [0.25, 0.3) is 11.5 Å². The minimum atomic E-state index is -4.70. The van der Waals surface area contributed by atoms with E-state index >= 15 is 0 Å². The Labute approximate surface area is 144 Å². The summed E-state index contributed by atoms with van der Waals surface area (Å²) in [7, 11) is -3.94. The highest BCUT2D eigenvalue weighted by Crippen LogP contribution is 2.34. The number of aryl methyl sites for hydroxylation is 1. The van der Waals surface area contributed by atoms with Crippen molar-refractivity contribution in [3.8, 4) is 11.5 Å². The van der Waals surface area contributed by atoms with E-state index in [1.165, 1.54) is 24.3 Å². The van der Waals surface area contributed by atoms with Crippen molar-refractivity contribution < 1.29 is 30.5 Å². The maximum atomic E-state index is 12.6. The fourth-order valence-corrected chi connectivity index (χ4v) is 3.30. The van der Waals surface area contributed by atoms with Gasteiger partial charge in [-0.05, 0) is 6.92 Å². The van der Waals surface area contributed by atoms with Crippen LogP contribution in [0.5, 0.6) is 0 Å². The minimum Gasteiger partial charge on any atom is -0.458 e. The van der Waals surface area contributed by atoms with Crippen LogP contribution in [-0.4, -0.2) is 34.9 Å². The molecule has 9 nitrogen and oxygen atoms in total. The molecule has 0 unspecified atom stereocenters. The number of hydrogen-bond donors (Lipinski definition) is 1. The van der Waals surface area contributed by atoms with Crippen molar-refractivity contribution in [2.75, 3.05) is 6.54 Å². The third kappa shape index (κ3) is 3.77. The summed E-state index contributed by atoms with van der Waals surface area (Å²) in [6, 6.07) is 1.72. The average Bonchev–Trinajstić information content (AvgIpc) is 3.25. The van der Waals surface area contributed by atoms with Gasteiger partial charge in [-0.3, -0.25) is 4.68 Å². The third-order valence-corrected chi connectivity index (χ3v) is 4.87. The van der Waals surface area contributed by atoms with Crippen molar-refractivity contribution in [3.05, 3.63) is 36.3 Å². The summed E-state index contributed by atoms with van der Waals surface area (Å²) in [5.74, 6) is -1.46. The number of rotatable bonds is 6. The summed E-state index contributed by atoms with van der Waals surface area (Å²) in [5.41, 5.74) is -0.260. The molecule has 3 aromatic heterocycles. The van der Waals surface area contributed by atoms with Crippen LogP contribution in [0.15, 0.2) is 38.6 Å². The largest absolute Gasteiger partial charge is 0.458 e. The van der Waals surface area contributed by atoms with E-state index in [0.717, 1.165) is 6.07 Å². The molecule has 0 saturated heterocycles. The summed E-state index contributed by atoms with van der Waals surface area (Å²) >= 11 is 0. The Morgan fingerprint density at radius 1 is 1.31 bits per heavy atom. The van der Waals surface area contributed by atoms with Crippen LogP contribution in [0.4, 0.5) is 13.2 Å². The molecule has 13 heteroatoms. The van der Waals surface area contributed by atoms with Crippen LogP contribution in [0, 0.1) is 6.92 Å². The van der Waals surface area contributed by atoms with E-state index in [2.05, 4.69) is 24.5 Å². The first kappa shape index (κ1) is 18.1. The van der Waals surface area contributed by atoms with Crippen molar-refractivity contribution in [2.24, 2.45) is 0 Å². The number of aromatic nitrogens is 4. The quantitative estimate of drug-likeness (QED) is 0.681. The summed E-state index contributed by atoms with van der Waals surface area (Å²) in [6.07, 6.45) is -1.96. The van der Waals surface area contributed by atoms with Crippen LogP contribution in [0.1, 0.15) is 11.5 Å². The van der Waals surface area contributed by atoms with Gasteiger partial charge in [0.15, 0.2) is 5.76 Å². The molecular formula is C13H12F3N5O4S. The highest BCUT2D eigenvalue weighted by atomic mass is 32.2. The molecule has 3 aromatic rings. The van der Waals surface area contributed by atoms with E-state index < -0.39 is 22.0 Å². The molecule has 0 amide bonds. The van der Waals surface area contributed by atoms with Gasteiger partial charge in [-0.1, -0.05) is 5.16 Å². The zero-order valence-corrected chi connectivity index (χ0v) is 14.0. The maximum absolute atomic E-state index is 12.6. The molecule has 0 aliphatic heterocycles. The molecule has 0 aromatic carbocycles. The van der Waals surface area contributed by atoms with E-state index in [1.807, 2.05) is 0 Å². The second-order valence-electron chi connectivity index (χ2n) is 5.16. The highest BCUT2D eigenvalue weighted by Gasteiger charge is 2.36. The first-order chi connectivity index (χ1) is 12.2. The number of sulfonamides is 1. The molecule has 0 bridgehead atoms. The molecule has 3 rings (SSSR count). The van der Waals surface area contributed by atoms with Gasteiger partial charge in [0.2, 0.25) is 15.8 Å². The Kier molecular flexibility index (Phi) is 4.58. The van der Waals surface area contributed by atoms with Crippen LogP contribution >= 0.6 is 0 Å². The number of nitrogens with one attached hydrogen (secondary N) is 1. The van der Waals surface area contributed by atoms with E-state index in [1.54, 1.807) is 0 Å². The first-order valence-corrected chi connectivity index (χ1v) is 8.62. The molecule has 0 spiro atoms. The molecule has 0 saturated carbocycles. The molecule has 0 aliphatic carbocycles. The van der Waals surface area contributed by atoms with E-state index in [9.17, 15) is 21.6 Å². The van der Waals surface area contributed by atoms with Crippen LogP contribution in [0.2, 0.25) is 0 Å². The molecule has 140 valence electrons. The van der Waals surface area contributed by atoms with Crippen molar-refractivity contribution in [1.82, 2.24) is 24.6 Å². The molecule has 0 atom stereocenters. The third-order valence-electron chi connectivity index (χ3n) is 3.30. The lowest BCUT2D eigenvalue weighted by Gasteiger charge is -2.05. The molecule has 26 heavy (non-hydrogen) atoms. The van der Waals surface area contributed by atoms with Gasteiger partial charge in [0.05, 0.1) is 6.54 Å². The Morgan fingerprint density at radius 2 is 2.08 bits per heavy atom. The molecule has 3 heterocycles. The lowest BCUT2D eigenvalue weighted by atomic mass is 10.3. The SMILES string of the molecule is Cc1oc(-c2cc(C(F)(F)F)on2)cc1S(=O)(=O)NCCn1cncn1. The van der Waals surface area contributed by atoms with Gasteiger partial charge >= 0.3 is 6.18 Å². The number of furan rings is 1. The van der Waals surface area contributed by atoms with Crippen LogP contribution < -0.4 is 4.72 Å². The zero-order chi connectivity index (χ0) is 18.9. The summed E-state index contributed by atoms with van der Waals surface area (Å²) in [4.78, 5) is 3.52. The standard InChI is InChI=1S/C13H12F3N5O4S/c1-8-11(26(22,23)19-2-3-21-7-17-6-18-21)5-10(24-8)9-4-12(25-20-9)13(14,15)16/h4-7,19H,2-3H2,1H3. The van der Waals surface area contributed by atoms with Gasteiger partial charge in [0, 0.05) is 18.7 Å². The Morgan fingerprint density at radius 3 is 2.69 bits per heavy atom. The van der Waals surface area contributed by atoms with Crippen molar-refractivity contribution >= 4 is 10.0 Å². The summed E-state index contributed by atoms with van der Waals surface area (Å²) in [5, 5.41) is 7.10. The average molecular weight is 391 g/mol.